The number of aromatic nitrogens is 2. The Hall–Kier alpha value is -2.96. The Labute approximate surface area is 173 Å². The summed E-state index contributed by atoms with van der Waals surface area (Å²) >= 11 is 9.45. The molecular formula is C21H13BrClN3O2. The molecule has 1 heterocycles. The molecule has 0 bridgehead atoms. The molecule has 1 N–H and O–H groups in total. The SMILES string of the molecule is O=C(Nn1c(-c2cccc(Cl)c2)nc2ccccc2c1=O)c1ccc(Br)cc1. The molecular weight excluding hydrogens is 442 g/mol. The first-order chi connectivity index (χ1) is 13.5. The van der Waals surface area contributed by atoms with E-state index in [0.29, 0.717) is 32.9 Å². The van der Waals surface area contributed by atoms with E-state index in [-0.39, 0.29) is 5.56 Å². The largest absolute Gasteiger partial charge is 0.280 e. The number of rotatable bonds is 3. The highest BCUT2D eigenvalue weighted by Crippen LogP contribution is 2.22. The lowest BCUT2D eigenvalue weighted by molar-refractivity contribution is 0.101. The molecule has 3 aromatic carbocycles. The first-order valence-electron chi connectivity index (χ1n) is 8.37. The van der Waals surface area contributed by atoms with E-state index in [4.69, 9.17) is 11.6 Å². The van der Waals surface area contributed by atoms with Crippen molar-refractivity contribution >= 4 is 44.3 Å². The van der Waals surface area contributed by atoms with Crippen molar-refractivity contribution in [3.05, 3.63) is 98.2 Å². The second-order valence-corrected chi connectivity index (χ2v) is 7.40. The predicted octanol–water partition coefficient (Wildman–Crippen LogP) is 4.86. The Bertz CT molecular complexity index is 1250. The van der Waals surface area contributed by atoms with Crippen LogP contribution in [0.15, 0.2) is 82.1 Å². The number of nitrogens with zero attached hydrogens (tertiary/aromatic N) is 2. The van der Waals surface area contributed by atoms with E-state index < -0.39 is 5.91 Å². The predicted molar refractivity (Wildman–Crippen MR) is 114 cm³/mol. The molecule has 4 rings (SSSR count). The standard InChI is InChI=1S/C21H13BrClN3O2/c22-15-10-8-13(9-11-15)20(27)25-26-19(14-4-3-5-16(23)12-14)24-18-7-2-1-6-17(18)21(26)28/h1-12H,(H,25,27). The Morgan fingerprint density at radius 3 is 2.50 bits per heavy atom. The second-order valence-electron chi connectivity index (χ2n) is 6.05. The van der Waals surface area contributed by atoms with Crippen LogP contribution in [0, 0.1) is 0 Å². The van der Waals surface area contributed by atoms with Gasteiger partial charge in [-0.05, 0) is 48.5 Å². The number of amides is 1. The maximum absolute atomic E-state index is 13.1. The highest BCUT2D eigenvalue weighted by molar-refractivity contribution is 9.10. The van der Waals surface area contributed by atoms with E-state index >= 15 is 0 Å². The average Bonchev–Trinajstić information content (AvgIpc) is 2.70. The number of nitrogens with one attached hydrogen (secondary N) is 1. The minimum atomic E-state index is -0.421. The van der Waals surface area contributed by atoms with Gasteiger partial charge in [0, 0.05) is 20.6 Å². The van der Waals surface area contributed by atoms with Crippen LogP contribution in [0.4, 0.5) is 0 Å². The first kappa shape index (κ1) is 18.4. The number of carbonyl (C=O) groups excluding carboxylic acids is 1. The number of fused-ring (bicyclic) bond motifs is 1. The Morgan fingerprint density at radius 2 is 1.75 bits per heavy atom. The van der Waals surface area contributed by atoms with Crippen LogP contribution in [-0.4, -0.2) is 15.6 Å². The summed E-state index contributed by atoms with van der Waals surface area (Å²) in [5, 5.41) is 0.912. The molecule has 0 radical (unpaired) electrons. The van der Waals surface area contributed by atoms with Gasteiger partial charge in [0.25, 0.3) is 11.5 Å². The third-order valence-corrected chi connectivity index (χ3v) is 4.94. The summed E-state index contributed by atoms with van der Waals surface area (Å²) in [7, 11) is 0. The van der Waals surface area contributed by atoms with Crippen LogP contribution < -0.4 is 11.0 Å². The van der Waals surface area contributed by atoms with E-state index in [1.54, 1.807) is 72.8 Å². The van der Waals surface area contributed by atoms with Gasteiger partial charge < -0.3 is 0 Å². The summed E-state index contributed by atoms with van der Waals surface area (Å²) in [6.07, 6.45) is 0. The van der Waals surface area contributed by atoms with Gasteiger partial charge in [-0.1, -0.05) is 51.8 Å². The fourth-order valence-electron chi connectivity index (χ4n) is 2.83. The van der Waals surface area contributed by atoms with Gasteiger partial charge in [-0.3, -0.25) is 15.0 Å². The molecule has 5 nitrogen and oxygen atoms in total. The molecule has 0 aliphatic carbocycles. The minimum Gasteiger partial charge on any atom is -0.267 e. The van der Waals surface area contributed by atoms with Crippen LogP contribution in [0.3, 0.4) is 0 Å². The van der Waals surface area contributed by atoms with Crippen molar-refractivity contribution < 1.29 is 4.79 Å². The van der Waals surface area contributed by atoms with Crippen LogP contribution in [0.25, 0.3) is 22.3 Å². The lowest BCUT2D eigenvalue weighted by Crippen LogP contribution is -2.35. The molecule has 0 unspecified atom stereocenters. The maximum atomic E-state index is 13.1. The monoisotopic (exact) mass is 453 g/mol. The zero-order valence-electron chi connectivity index (χ0n) is 14.4. The van der Waals surface area contributed by atoms with E-state index in [1.165, 1.54) is 4.68 Å². The van der Waals surface area contributed by atoms with E-state index in [1.807, 2.05) is 0 Å². The molecule has 4 aromatic rings. The van der Waals surface area contributed by atoms with Gasteiger partial charge >= 0.3 is 0 Å². The number of halogens is 2. The van der Waals surface area contributed by atoms with Crippen molar-refractivity contribution in [1.82, 2.24) is 9.66 Å². The smallest absolute Gasteiger partial charge is 0.267 e. The number of para-hydroxylation sites is 1. The van der Waals surface area contributed by atoms with E-state index in [0.717, 1.165) is 4.47 Å². The normalized spacial score (nSPS) is 10.8. The van der Waals surface area contributed by atoms with Crippen LogP contribution in [0.2, 0.25) is 5.02 Å². The fraction of sp³-hybridized carbons (Fsp3) is 0. The van der Waals surface area contributed by atoms with Gasteiger partial charge in [-0.2, -0.15) is 4.68 Å². The molecule has 0 aliphatic rings. The van der Waals surface area contributed by atoms with Crippen molar-refractivity contribution in [2.75, 3.05) is 5.43 Å². The molecule has 0 saturated carbocycles. The Balaban J connectivity index is 1.89. The van der Waals surface area contributed by atoms with Gasteiger partial charge in [-0.15, -0.1) is 0 Å². The van der Waals surface area contributed by atoms with Crippen LogP contribution in [-0.2, 0) is 0 Å². The number of hydrogen-bond donors (Lipinski definition) is 1. The van der Waals surface area contributed by atoms with Crippen molar-refractivity contribution in [3.8, 4) is 11.4 Å². The Morgan fingerprint density at radius 1 is 1.00 bits per heavy atom. The highest BCUT2D eigenvalue weighted by atomic mass is 79.9. The summed E-state index contributed by atoms with van der Waals surface area (Å²) in [6, 6.07) is 20.8. The molecule has 0 saturated heterocycles. The zero-order chi connectivity index (χ0) is 19.7. The van der Waals surface area contributed by atoms with Crippen molar-refractivity contribution in [1.29, 1.82) is 0 Å². The molecule has 28 heavy (non-hydrogen) atoms. The molecule has 1 amide bonds. The minimum absolute atomic E-state index is 0.302. The van der Waals surface area contributed by atoms with E-state index in [2.05, 4.69) is 26.3 Å². The van der Waals surface area contributed by atoms with Gasteiger partial charge in [0.15, 0.2) is 5.82 Å². The molecule has 138 valence electrons. The summed E-state index contributed by atoms with van der Waals surface area (Å²) in [5.74, 6) is -0.119. The molecule has 1 aromatic heterocycles. The van der Waals surface area contributed by atoms with E-state index in [9.17, 15) is 9.59 Å². The number of carbonyl (C=O) groups is 1. The molecule has 0 spiro atoms. The molecule has 0 atom stereocenters. The second kappa shape index (κ2) is 7.58. The lowest BCUT2D eigenvalue weighted by Gasteiger charge is -2.15. The summed E-state index contributed by atoms with van der Waals surface area (Å²) in [5.41, 5.74) is 3.87. The van der Waals surface area contributed by atoms with Gasteiger partial charge in [-0.25, -0.2) is 4.98 Å². The lowest BCUT2D eigenvalue weighted by atomic mass is 10.2. The number of hydrogen-bond acceptors (Lipinski definition) is 3. The van der Waals surface area contributed by atoms with Gasteiger partial charge in [0.05, 0.1) is 10.9 Å². The van der Waals surface area contributed by atoms with Gasteiger partial charge in [0.2, 0.25) is 0 Å². The Kier molecular flexibility index (Phi) is 4.98. The topological polar surface area (TPSA) is 64.0 Å². The quantitative estimate of drug-likeness (QED) is 0.481. The highest BCUT2D eigenvalue weighted by Gasteiger charge is 2.16. The van der Waals surface area contributed by atoms with Crippen molar-refractivity contribution in [3.63, 3.8) is 0 Å². The summed E-state index contributed by atoms with van der Waals surface area (Å²) < 4.78 is 2.02. The third-order valence-electron chi connectivity index (χ3n) is 4.18. The van der Waals surface area contributed by atoms with Crippen molar-refractivity contribution in [2.24, 2.45) is 0 Å². The van der Waals surface area contributed by atoms with Crippen LogP contribution in [0.5, 0.6) is 0 Å². The molecule has 7 heteroatoms. The molecule has 0 aliphatic heterocycles. The average molecular weight is 455 g/mol. The fourth-order valence-corrected chi connectivity index (χ4v) is 3.28. The first-order valence-corrected chi connectivity index (χ1v) is 9.55. The van der Waals surface area contributed by atoms with Crippen molar-refractivity contribution in [2.45, 2.75) is 0 Å². The molecule has 0 fully saturated rings. The summed E-state index contributed by atoms with van der Waals surface area (Å²) in [6.45, 7) is 0. The number of benzene rings is 3. The van der Waals surface area contributed by atoms with Gasteiger partial charge in [0.1, 0.15) is 0 Å². The third kappa shape index (κ3) is 3.56. The van der Waals surface area contributed by atoms with Crippen LogP contribution in [0.1, 0.15) is 10.4 Å². The zero-order valence-corrected chi connectivity index (χ0v) is 16.7. The van der Waals surface area contributed by atoms with Crippen LogP contribution >= 0.6 is 27.5 Å². The maximum Gasteiger partial charge on any atom is 0.280 e. The summed E-state index contributed by atoms with van der Waals surface area (Å²) in [4.78, 5) is 30.4.